The lowest BCUT2D eigenvalue weighted by molar-refractivity contribution is -0.127. The predicted molar refractivity (Wildman–Crippen MR) is 85.0 cm³/mol. The van der Waals surface area contributed by atoms with E-state index in [-0.39, 0.29) is 31.2 Å². The molecule has 0 spiro atoms. The molecule has 2 heterocycles. The van der Waals surface area contributed by atoms with Gasteiger partial charge in [0.1, 0.15) is 5.69 Å². The van der Waals surface area contributed by atoms with Gasteiger partial charge in [0, 0.05) is 0 Å². The van der Waals surface area contributed by atoms with Crippen molar-refractivity contribution in [2.45, 2.75) is 24.8 Å². The van der Waals surface area contributed by atoms with Gasteiger partial charge in [-0.2, -0.15) is 0 Å². The number of hydrogen-bond acceptors (Lipinski definition) is 5. The molecule has 1 aliphatic heterocycles. The third kappa shape index (κ3) is 4.00. The van der Waals surface area contributed by atoms with Crippen molar-refractivity contribution in [3.63, 3.8) is 0 Å². The Morgan fingerprint density at radius 3 is 2.74 bits per heavy atom. The molecule has 1 saturated carbocycles. The van der Waals surface area contributed by atoms with Gasteiger partial charge in [0.05, 0.1) is 36.3 Å². The number of amides is 2. The summed E-state index contributed by atoms with van der Waals surface area (Å²) in [6.45, 7) is 1.14. The normalized spacial score (nSPS) is 18.8. The van der Waals surface area contributed by atoms with Crippen LogP contribution in [0.2, 0.25) is 0 Å². The number of nitrogens with one attached hydrogen (secondary N) is 1. The van der Waals surface area contributed by atoms with Gasteiger partial charge in [-0.15, -0.1) is 0 Å². The number of ether oxygens (including phenoxy) is 2. The third-order valence-electron chi connectivity index (χ3n) is 3.85. The number of pyridine rings is 1. The molecule has 23 heavy (non-hydrogen) atoms. The van der Waals surface area contributed by atoms with Gasteiger partial charge in [0.2, 0.25) is 11.8 Å². The zero-order chi connectivity index (χ0) is 16.4. The van der Waals surface area contributed by atoms with Crippen molar-refractivity contribution in [1.29, 1.82) is 0 Å². The number of nitrogens with zero attached hydrogens (tertiary/aromatic N) is 1. The van der Waals surface area contributed by atoms with E-state index in [9.17, 15) is 9.59 Å². The summed E-state index contributed by atoms with van der Waals surface area (Å²) >= 11 is 3.37. The second-order valence-corrected chi connectivity index (χ2v) is 6.96. The first-order valence-electron chi connectivity index (χ1n) is 7.45. The largest absolute Gasteiger partial charge is 0.477 e. The molecule has 3 rings (SSSR count). The Kier molecular flexibility index (Phi) is 4.54. The van der Waals surface area contributed by atoms with Crippen molar-refractivity contribution in [3.05, 3.63) is 22.3 Å². The molecule has 1 saturated heterocycles. The van der Waals surface area contributed by atoms with Gasteiger partial charge in [-0.25, -0.2) is 4.98 Å². The Bertz CT molecular complexity index is 629. The van der Waals surface area contributed by atoms with Gasteiger partial charge in [-0.05, 0) is 46.8 Å². The molecule has 1 aliphatic carbocycles. The quantitative estimate of drug-likeness (QED) is 0.730. The van der Waals surface area contributed by atoms with Crippen LogP contribution >= 0.6 is 15.9 Å². The highest BCUT2D eigenvalue weighted by molar-refractivity contribution is 9.10. The van der Waals surface area contributed by atoms with Crippen molar-refractivity contribution < 1.29 is 19.1 Å². The van der Waals surface area contributed by atoms with E-state index in [1.54, 1.807) is 12.1 Å². The molecule has 2 aliphatic rings. The highest BCUT2D eigenvalue weighted by Gasteiger charge is 2.41. The van der Waals surface area contributed by atoms with Gasteiger partial charge in [-0.1, -0.05) is 0 Å². The lowest BCUT2D eigenvalue weighted by Gasteiger charge is -2.41. The summed E-state index contributed by atoms with van der Waals surface area (Å²) in [5, 5.41) is 2.80. The number of carbonyl (C=O) groups is 2. The molecule has 0 atom stereocenters. The maximum Gasteiger partial charge on any atom is 0.270 e. The van der Waals surface area contributed by atoms with Crippen molar-refractivity contribution in [2.24, 2.45) is 11.7 Å². The standard InChI is InChI=1S/C15H18BrN3O4/c16-10-3-4-11(18-14(10)23-6-9-1-2-9)13(21)19-15(5-12(17)20)7-22-8-15/h3-4,9H,1-2,5-8H2,(H2,17,20)(H,19,21). The second kappa shape index (κ2) is 6.45. The van der Waals surface area contributed by atoms with E-state index in [0.717, 1.165) is 0 Å². The Labute approximate surface area is 142 Å². The van der Waals surface area contributed by atoms with Gasteiger partial charge >= 0.3 is 0 Å². The number of aromatic nitrogens is 1. The van der Waals surface area contributed by atoms with E-state index in [0.29, 0.717) is 22.9 Å². The fourth-order valence-electron chi connectivity index (χ4n) is 2.34. The fraction of sp³-hybridized carbons (Fsp3) is 0.533. The first kappa shape index (κ1) is 16.2. The van der Waals surface area contributed by atoms with Gasteiger partial charge in [-0.3, -0.25) is 9.59 Å². The highest BCUT2D eigenvalue weighted by Crippen LogP contribution is 2.31. The topological polar surface area (TPSA) is 104 Å². The molecular weight excluding hydrogens is 366 g/mol. The van der Waals surface area contributed by atoms with E-state index in [1.165, 1.54) is 12.8 Å². The van der Waals surface area contributed by atoms with E-state index < -0.39 is 11.4 Å². The number of hydrogen-bond donors (Lipinski definition) is 2. The summed E-state index contributed by atoms with van der Waals surface area (Å²) in [5.41, 5.74) is 4.73. The van der Waals surface area contributed by atoms with E-state index in [4.69, 9.17) is 15.2 Å². The molecule has 0 aromatic carbocycles. The SMILES string of the molecule is NC(=O)CC1(NC(=O)c2ccc(Br)c(OCC3CC3)n2)COC1. The van der Waals surface area contributed by atoms with E-state index >= 15 is 0 Å². The minimum atomic E-state index is -0.729. The van der Waals surface area contributed by atoms with Crippen LogP contribution in [0.1, 0.15) is 29.8 Å². The zero-order valence-electron chi connectivity index (χ0n) is 12.5. The number of rotatable bonds is 7. The smallest absolute Gasteiger partial charge is 0.270 e. The Balaban J connectivity index is 1.68. The Morgan fingerprint density at radius 2 is 2.17 bits per heavy atom. The third-order valence-corrected chi connectivity index (χ3v) is 4.45. The summed E-state index contributed by atoms with van der Waals surface area (Å²) in [4.78, 5) is 27.8. The van der Waals surface area contributed by atoms with Crippen LogP contribution in [0.3, 0.4) is 0 Å². The first-order valence-corrected chi connectivity index (χ1v) is 8.25. The lowest BCUT2D eigenvalue weighted by Crippen LogP contribution is -2.63. The molecule has 7 nitrogen and oxygen atoms in total. The first-order chi connectivity index (χ1) is 11.0. The van der Waals surface area contributed by atoms with Crippen LogP contribution in [0, 0.1) is 5.92 Å². The summed E-state index contributed by atoms with van der Waals surface area (Å²) in [5.74, 6) is 0.134. The molecule has 2 amide bonds. The van der Waals surface area contributed by atoms with Crippen molar-refractivity contribution >= 4 is 27.7 Å². The van der Waals surface area contributed by atoms with E-state index in [2.05, 4.69) is 26.2 Å². The van der Waals surface area contributed by atoms with Crippen LogP contribution in [0.4, 0.5) is 0 Å². The molecule has 3 N–H and O–H groups in total. The van der Waals surface area contributed by atoms with Crippen LogP contribution < -0.4 is 15.8 Å². The monoisotopic (exact) mass is 383 g/mol. The maximum absolute atomic E-state index is 12.4. The molecule has 0 bridgehead atoms. The molecule has 2 fully saturated rings. The average molecular weight is 384 g/mol. The second-order valence-electron chi connectivity index (χ2n) is 6.11. The molecule has 0 radical (unpaired) electrons. The lowest BCUT2D eigenvalue weighted by atomic mass is 9.92. The number of halogens is 1. The highest BCUT2D eigenvalue weighted by atomic mass is 79.9. The molecule has 0 unspecified atom stereocenters. The van der Waals surface area contributed by atoms with Crippen LogP contribution in [0.5, 0.6) is 5.88 Å². The number of carbonyl (C=O) groups excluding carboxylic acids is 2. The number of primary amides is 1. The zero-order valence-corrected chi connectivity index (χ0v) is 14.1. The van der Waals surface area contributed by atoms with Gasteiger partial charge in [0.25, 0.3) is 5.91 Å². The van der Waals surface area contributed by atoms with Crippen LogP contribution in [-0.2, 0) is 9.53 Å². The van der Waals surface area contributed by atoms with Crippen molar-refractivity contribution in [1.82, 2.24) is 10.3 Å². The van der Waals surface area contributed by atoms with Gasteiger partial charge in [0.15, 0.2) is 0 Å². The molecule has 1 aromatic rings. The molecule has 1 aromatic heterocycles. The van der Waals surface area contributed by atoms with Crippen molar-refractivity contribution in [2.75, 3.05) is 19.8 Å². The van der Waals surface area contributed by atoms with Gasteiger partial charge < -0.3 is 20.5 Å². The van der Waals surface area contributed by atoms with Crippen LogP contribution in [0.15, 0.2) is 16.6 Å². The Morgan fingerprint density at radius 1 is 1.43 bits per heavy atom. The molecular formula is C15H18BrN3O4. The van der Waals surface area contributed by atoms with E-state index in [1.807, 2.05) is 0 Å². The minimum Gasteiger partial charge on any atom is -0.477 e. The maximum atomic E-state index is 12.4. The molecule has 8 heteroatoms. The molecule has 124 valence electrons. The predicted octanol–water partition coefficient (Wildman–Crippen LogP) is 1.01. The average Bonchev–Trinajstić information content (AvgIpc) is 3.27. The summed E-state index contributed by atoms with van der Waals surface area (Å²) in [6.07, 6.45) is 2.39. The van der Waals surface area contributed by atoms with Crippen LogP contribution in [-0.4, -0.2) is 42.2 Å². The summed E-state index contributed by atoms with van der Waals surface area (Å²) < 4.78 is 11.5. The number of nitrogens with two attached hydrogens (primary N) is 1. The van der Waals surface area contributed by atoms with Crippen LogP contribution in [0.25, 0.3) is 0 Å². The van der Waals surface area contributed by atoms with Crippen molar-refractivity contribution in [3.8, 4) is 5.88 Å². The Hall–Kier alpha value is -1.67. The summed E-state index contributed by atoms with van der Waals surface area (Å²) in [6, 6.07) is 3.32. The fourth-order valence-corrected chi connectivity index (χ4v) is 2.67. The summed E-state index contributed by atoms with van der Waals surface area (Å²) in [7, 11) is 0. The minimum absolute atomic E-state index is 0.0420.